The van der Waals surface area contributed by atoms with E-state index in [4.69, 9.17) is 0 Å². The Labute approximate surface area is 70.9 Å². The second-order valence-electron chi connectivity index (χ2n) is 2.20. The summed E-state index contributed by atoms with van der Waals surface area (Å²) in [6, 6.07) is 2.45. The number of H-pyrrole nitrogens is 1. The molecule has 5 heteroatoms. The summed E-state index contributed by atoms with van der Waals surface area (Å²) in [5.41, 5.74) is 0.501. The second kappa shape index (κ2) is 2.67. The number of rotatable bonds is 1. The Morgan fingerprint density at radius 2 is 2.25 bits per heavy atom. The lowest BCUT2D eigenvalue weighted by Gasteiger charge is -1.88. The predicted octanol–water partition coefficient (Wildman–Crippen LogP) is 2.42. The minimum atomic E-state index is -0.554. The van der Waals surface area contributed by atoms with Crippen molar-refractivity contribution in [2.45, 2.75) is 0 Å². The minimum Gasteiger partial charge on any atom is -0.277 e. The zero-order valence-electron chi connectivity index (χ0n) is 5.84. The second-order valence-corrected chi connectivity index (χ2v) is 3.20. The van der Waals surface area contributed by atoms with Crippen molar-refractivity contribution in [3.05, 3.63) is 29.3 Å². The van der Waals surface area contributed by atoms with Crippen LogP contribution in [0.2, 0.25) is 0 Å². The van der Waals surface area contributed by atoms with E-state index in [0.717, 1.165) is 17.4 Å². The molecule has 0 spiro atoms. The quantitative estimate of drug-likeness (QED) is 0.727. The predicted molar refractivity (Wildman–Crippen MR) is 41.8 cm³/mol. The summed E-state index contributed by atoms with van der Waals surface area (Å²) in [5.74, 6) is -0.554. The van der Waals surface area contributed by atoms with Crippen molar-refractivity contribution in [1.29, 1.82) is 0 Å². The normalized spacial score (nSPS) is 10.5. The van der Waals surface area contributed by atoms with Crippen molar-refractivity contribution in [2.24, 2.45) is 0 Å². The molecule has 0 aliphatic carbocycles. The molecule has 2 nitrogen and oxygen atoms in total. The molecular formula is C7H4F2N2S. The van der Waals surface area contributed by atoms with Crippen molar-refractivity contribution in [2.75, 3.05) is 0 Å². The Kier molecular flexibility index (Phi) is 1.65. The third-order valence-corrected chi connectivity index (χ3v) is 2.33. The van der Waals surface area contributed by atoms with Gasteiger partial charge in [-0.3, -0.25) is 5.10 Å². The van der Waals surface area contributed by atoms with Gasteiger partial charge in [0.15, 0.2) is 5.13 Å². The van der Waals surface area contributed by atoms with Gasteiger partial charge in [0.1, 0.15) is 5.82 Å². The fraction of sp³-hybridized carbons (Fsp3) is 0. The zero-order chi connectivity index (χ0) is 8.55. The molecule has 0 amide bonds. The summed E-state index contributed by atoms with van der Waals surface area (Å²) in [5, 5.41) is 5.67. The molecule has 2 aromatic rings. The van der Waals surface area contributed by atoms with Crippen LogP contribution >= 0.6 is 11.3 Å². The van der Waals surface area contributed by atoms with Crippen LogP contribution in [0.5, 0.6) is 0 Å². The summed E-state index contributed by atoms with van der Waals surface area (Å²) < 4.78 is 25.4. The SMILES string of the molecule is Fc1cc(F)c(-c2ccn[nH]2)s1. The Balaban J connectivity index is 2.54. The molecule has 2 rings (SSSR count). The van der Waals surface area contributed by atoms with E-state index >= 15 is 0 Å². The third kappa shape index (κ3) is 1.12. The first-order chi connectivity index (χ1) is 5.77. The van der Waals surface area contributed by atoms with E-state index in [1.807, 2.05) is 0 Å². The van der Waals surface area contributed by atoms with Crippen LogP contribution < -0.4 is 0 Å². The maximum Gasteiger partial charge on any atom is 0.180 e. The van der Waals surface area contributed by atoms with E-state index < -0.39 is 10.9 Å². The molecule has 0 bridgehead atoms. The molecule has 2 aromatic heterocycles. The van der Waals surface area contributed by atoms with Crippen molar-refractivity contribution >= 4 is 11.3 Å². The molecule has 1 N–H and O–H groups in total. The molecule has 0 aliphatic heterocycles. The van der Waals surface area contributed by atoms with E-state index in [1.54, 1.807) is 6.07 Å². The van der Waals surface area contributed by atoms with Crippen LogP contribution in [0.25, 0.3) is 10.6 Å². The first-order valence-electron chi connectivity index (χ1n) is 3.22. The van der Waals surface area contributed by atoms with E-state index in [-0.39, 0.29) is 4.88 Å². The maximum absolute atomic E-state index is 12.9. The lowest BCUT2D eigenvalue weighted by atomic mass is 10.3. The van der Waals surface area contributed by atoms with Gasteiger partial charge in [0, 0.05) is 12.3 Å². The molecule has 2 heterocycles. The molecule has 0 fully saturated rings. The number of aromatic nitrogens is 2. The number of nitrogens with zero attached hydrogens (tertiary/aromatic N) is 1. The first-order valence-corrected chi connectivity index (χ1v) is 4.03. The fourth-order valence-corrected chi connectivity index (χ4v) is 1.64. The lowest BCUT2D eigenvalue weighted by molar-refractivity contribution is 0.611. The maximum atomic E-state index is 12.9. The molecule has 0 unspecified atom stereocenters. The number of nitrogens with one attached hydrogen (secondary N) is 1. The zero-order valence-corrected chi connectivity index (χ0v) is 6.66. The largest absolute Gasteiger partial charge is 0.277 e. The molecule has 0 aliphatic rings. The highest BCUT2D eigenvalue weighted by Gasteiger charge is 2.11. The van der Waals surface area contributed by atoms with Gasteiger partial charge < -0.3 is 0 Å². The molecule has 0 atom stereocenters. The van der Waals surface area contributed by atoms with Gasteiger partial charge in [-0.1, -0.05) is 0 Å². The number of halogens is 2. The van der Waals surface area contributed by atoms with Gasteiger partial charge in [0.05, 0.1) is 10.6 Å². The Hall–Kier alpha value is -1.23. The van der Waals surface area contributed by atoms with E-state index in [1.165, 1.54) is 6.20 Å². The van der Waals surface area contributed by atoms with Gasteiger partial charge in [-0.2, -0.15) is 9.49 Å². The van der Waals surface area contributed by atoms with Crippen LogP contribution in [0, 0.1) is 10.9 Å². The van der Waals surface area contributed by atoms with Crippen molar-refractivity contribution < 1.29 is 8.78 Å². The van der Waals surface area contributed by atoms with Crippen LogP contribution in [0.1, 0.15) is 0 Å². The topological polar surface area (TPSA) is 28.7 Å². The van der Waals surface area contributed by atoms with Crippen LogP contribution in [0.3, 0.4) is 0 Å². The lowest BCUT2D eigenvalue weighted by Crippen LogP contribution is -1.75. The fourth-order valence-electron chi connectivity index (χ4n) is 0.907. The van der Waals surface area contributed by atoms with Gasteiger partial charge in [-0.05, 0) is 6.07 Å². The Morgan fingerprint density at radius 1 is 1.42 bits per heavy atom. The number of aromatic amines is 1. The average molecular weight is 186 g/mol. The summed E-state index contributed by atoms with van der Waals surface area (Å²) >= 11 is 0.759. The van der Waals surface area contributed by atoms with Gasteiger partial charge in [0.2, 0.25) is 0 Å². The summed E-state index contributed by atoms with van der Waals surface area (Å²) in [6.07, 6.45) is 1.49. The van der Waals surface area contributed by atoms with Crippen LogP contribution in [-0.4, -0.2) is 10.2 Å². The van der Waals surface area contributed by atoms with Crippen LogP contribution in [0.15, 0.2) is 18.3 Å². The minimum absolute atomic E-state index is 0.255. The summed E-state index contributed by atoms with van der Waals surface area (Å²) in [6.45, 7) is 0. The van der Waals surface area contributed by atoms with Gasteiger partial charge in [0.25, 0.3) is 0 Å². The highest BCUT2D eigenvalue weighted by Crippen LogP contribution is 2.28. The van der Waals surface area contributed by atoms with E-state index in [9.17, 15) is 8.78 Å². The molecule has 0 radical (unpaired) electrons. The molecule has 62 valence electrons. The number of hydrogen-bond acceptors (Lipinski definition) is 2. The first kappa shape index (κ1) is 7.42. The smallest absolute Gasteiger partial charge is 0.180 e. The summed E-state index contributed by atoms with van der Waals surface area (Å²) in [7, 11) is 0. The van der Waals surface area contributed by atoms with E-state index in [0.29, 0.717) is 5.69 Å². The number of hydrogen-bond donors (Lipinski definition) is 1. The van der Waals surface area contributed by atoms with Crippen molar-refractivity contribution in [1.82, 2.24) is 10.2 Å². The van der Waals surface area contributed by atoms with Gasteiger partial charge in [-0.15, -0.1) is 11.3 Å². The van der Waals surface area contributed by atoms with Crippen molar-refractivity contribution in [3.63, 3.8) is 0 Å². The molecule has 0 saturated carbocycles. The highest BCUT2D eigenvalue weighted by atomic mass is 32.1. The monoisotopic (exact) mass is 186 g/mol. The Bertz CT molecular complexity index is 380. The van der Waals surface area contributed by atoms with Crippen molar-refractivity contribution in [3.8, 4) is 10.6 Å². The Morgan fingerprint density at radius 3 is 2.75 bits per heavy atom. The molecule has 12 heavy (non-hydrogen) atoms. The van der Waals surface area contributed by atoms with Crippen LogP contribution in [0.4, 0.5) is 8.78 Å². The van der Waals surface area contributed by atoms with Crippen LogP contribution in [-0.2, 0) is 0 Å². The summed E-state index contributed by atoms with van der Waals surface area (Å²) in [4.78, 5) is 0.255. The van der Waals surface area contributed by atoms with E-state index in [2.05, 4.69) is 10.2 Å². The molecule has 0 saturated heterocycles. The standard InChI is InChI=1S/C7H4F2N2S/c8-4-3-6(9)12-7(4)5-1-2-10-11-5/h1-3H,(H,10,11). The van der Waals surface area contributed by atoms with Gasteiger partial charge in [-0.25, -0.2) is 4.39 Å². The molecule has 0 aromatic carbocycles. The van der Waals surface area contributed by atoms with Gasteiger partial charge >= 0.3 is 0 Å². The number of thiophene rings is 1. The third-order valence-electron chi connectivity index (χ3n) is 1.40. The highest BCUT2D eigenvalue weighted by molar-refractivity contribution is 7.13. The molecular weight excluding hydrogens is 182 g/mol. The average Bonchev–Trinajstić information content (AvgIpc) is 2.58.